The van der Waals surface area contributed by atoms with Gasteiger partial charge in [0.15, 0.2) is 0 Å². The third-order valence-electron chi connectivity index (χ3n) is 3.95. The highest BCUT2D eigenvalue weighted by Gasteiger charge is 2.15. The second-order valence-electron chi connectivity index (χ2n) is 11.6. The van der Waals surface area contributed by atoms with E-state index in [0.29, 0.717) is 0 Å². The van der Waals surface area contributed by atoms with Crippen molar-refractivity contribution in [1.29, 1.82) is 0 Å². The van der Waals surface area contributed by atoms with Gasteiger partial charge in [0.05, 0.1) is 0 Å². The molecule has 6 nitrogen and oxygen atoms in total. The molecule has 0 aliphatic rings. The van der Waals surface area contributed by atoms with Gasteiger partial charge in [0.2, 0.25) is 0 Å². The third-order valence-corrected chi connectivity index (χ3v) is 5.01. The monoisotopic (exact) mass is 692 g/mol. The number of hydrogen-bond donors (Lipinski definition) is 0. The number of carbonyl (C=O) groups is 3. The summed E-state index contributed by atoms with van der Waals surface area (Å²) in [5, 5.41) is 0. The first kappa shape index (κ1) is 38.0. The molecular formula is C33H42Br2O6. The minimum absolute atomic E-state index is 0.373. The van der Waals surface area contributed by atoms with Gasteiger partial charge in [-0.15, -0.1) is 0 Å². The van der Waals surface area contributed by atoms with E-state index >= 15 is 0 Å². The number of esters is 3. The van der Waals surface area contributed by atoms with E-state index in [1.165, 1.54) is 12.2 Å². The summed E-state index contributed by atoms with van der Waals surface area (Å²) in [6.07, 6.45) is 7.34. The molecule has 0 saturated heterocycles. The van der Waals surface area contributed by atoms with Crippen molar-refractivity contribution in [2.45, 2.75) is 79.1 Å². The maximum Gasteiger partial charge on any atom is 0.331 e. The Bertz CT molecular complexity index is 1100. The molecule has 0 unspecified atom stereocenters. The van der Waals surface area contributed by atoms with E-state index in [4.69, 9.17) is 14.2 Å². The van der Waals surface area contributed by atoms with Gasteiger partial charge >= 0.3 is 17.9 Å². The lowest BCUT2D eigenvalue weighted by Crippen LogP contribution is -2.22. The number of benzene rings is 2. The molecule has 2 aromatic carbocycles. The molecule has 0 spiro atoms. The van der Waals surface area contributed by atoms with Crippen LogP contribution in [0.3, 0.4) is 0 Å². The minimum Gasteiger partial charge on any atom is -0.457 e. The summed E-state index contributed by atoms with van der Waals surface area (Å²) in [5.41, 5.74) is 0.339. The molecule has 0 fully saturated rings. The van der Waals surface area contributed by atoms with Gasteiger partial charge in [-0.3, -0.25) is 0 Å². The lowest BCUT2D eigenvalue weighted by molar-refractivity contribution is -0.149. The highest BCUT2D eigenvalue weighted by molar-refractivity contribution is 9.11. The third kappa shape index (κ3) is 23.4. The zero-order valence-electron chi connectivity index (χ0n) is 25.4. The summed E-state index contributed by atoms with van der Waals surface area (Å²) >= 11 is 6.65. The van der Waals surface area contributed by atoms with Crippen LogP contribution in [-0.2, 0) is 28.6 Å². The normalized spacial score (nSPS) is 11.5. The van der Waals surface area contributed by atoms with E-state index in [0.717, 1.165) is 26.1 Å². The SMILES string of the molecule is Brc1ccc(Br)cc1.C=CC(=O)OC(C)(C)C.CC(C)(C)OC(=O)C=Cc1ccc(/C=C\C(=O)OC(C)(C)C)cc1. The fourth-order valence-corrected chi connectivity index (χ4v) is 3.02. The van der Waals surface area contributed by atoms with E-state index < -0.39 is 16.8 Å². The van der Waals surface area contributed by atoms with E-state index in [-0.39, 0.29) is 17.9 Å². The summed E-state index contributed by atoms with van der Waals surface area (Å²) in [5.74, 6) is -1.13. The van der Waals surface area contributed by atoms with Gasteiger partial charge in [0.1, 0.15) is 16.8 Å². The first-order valence-corrected chi connectivity index (χ1v) is 14.5. The molecule has 8 heteroatoms. The van der Waals surface area contributed by atoms with Gasteiger partial charge in [0.25, 0.3) is 0 Å². The molecule has 0 radical (unpaired) electrons. The zero-order valence-corrected chi connectivity index (χ0v) is 28.6. The molecule has 0 aliphatic carbocycles. The molecule has 0 N–H and O–H groups in total. The van der Waals surface area contributed by atoms with Gasteiger partial charge in [-0.1, -0.05) is 62.7 Å². The summed E-state index contributed by atoms with van der Waals surface area (Å²) in [6.45, 7) is 19.7. The van der Waals surface area contributed by atoms with Crippen LogP contribution in [0, 0.1) is 0 Å². The number of hydrogen-bond acceptors (Lipinski definition) is 6. The Morgan fingerprint density at radius 3 is 1.05 bits per heavy atom. The van der Waals surface area contributed by atoms with Crippen LogP contribution in [0.5, 0.6) is 0 Å². The highest BCUT2D eigenvalue weighted by atomic mass is 79.9. The fourth-order valence-electron chi connectivity index (χ4n) is 2.49. The van der Waals surface area contributed by atoms with Gasteiger partial charge in [0, 0.05) is 27.2 Å². The molecule has 2 rings (SSSR count). The summed E-state index contributed by atoms with van der Waals surface area (Å²) in [7, 11) is 0. The summed E-state index contributed by atoms with van der Waals surface area (Å²) < 4.78 is 17.5. The van der Waals surface area contributed by atoms with Gasteiger partial charge in [-0.05, 0) is 110 Å². The van der Waals surface area contributed by atoms with Crippen molar-refractivity contribution < 1.29 is 28.6 Å². The van der Waals surface area contributed by atoms with Crippen LogP contribution in [0.25, 0.3) is 12.2 Å². The van der Waals surface area contributed by atoms with Crippen molar-refractivity contribution in [2.75, 3.05) is 0 Å². The molecule has 0 bridgehead atoms. The van der Waals surface area contributed by atoms with Crippen molar-refractivity contribution in [1.82, 2.24) is 0 Å². The quantitative estimate of drug-likeness (QED) is 0.177. The molecule has 2 aromatic rings. The lowest BCUT2D eigenvalue weighted by atomic mass is 10.1. The Labute approximate surface area is 262 Å². The molecular weight excluding hydrogens is 652 g/mol. The van der Waals surface area contributed by atoms with Crippen molar-refractivity contribution in [3.63, 3.8) is 0 Å². The standard InChI is InChI=1S/C20H26O4.C7H12O2.C6H4Br2/c1-19(2,3)23-17(21)13-11-15-7-9-16(10-8-15)12-14-18(22)24-20(4,5)6;1-5-6(8)9-7(2,3)4;7-5-1-2-6(8)4-3-5/h7-14H,1-6H3;5H,1H2,2-4H3;1-4H/b13-11-,14-12?;;. The second-order valence-corrected chi connectivity index (χ2v) is 13.4. The Kier molecular flexibility index (Phi) is 16.5. The van der Waals surface area contributed by atoms with Crippen LogP contribution in [0.1, 0.15) is 73.4 Å². The number of rotatable bonds is 5. The van der Waals surface area contributed by atoms with Crippen LogP contribution in [0.15, 0.2) is 82.3 Å². The van der Waals surface area contributed by atoms with E-state index in [2.05, 4.69) is 38.4 Å². The van der Waals surface area contributed by atoms with Crippen molar-refractivity contribution in [3.05, 3.63) is 93.4 Å². The average molecular weight is 695 g/mol. The van der Waals surface area contributed by atoms with Crippen molar-refractivity contribution in [2.24, 2.45) is 0 Å². The smallest absolute Gasteiger partial charge is 0.331 e. The van der Waals surface area contributed by atoms with E-state index in [1.807, 2.05) is 111 Å². The Hall–Kier alpha value is -2.97. The summed E-state index contributed by atoms with van der Waals surface area (Å²) in [6, 6.07) is 15.4. The van der Waals surface area contributed by atoms with E-state index in [9.17, 15) is 14.4 Å². The number of carbonyl (C=O) groups excluding carboxylic acids is 3. The van der Waals surface area contributed by atoms with Crippen LogP contribution < -0.4 is 0 Å². The number of ether oxygens (including phenoxy) is 3. The van der Waals surface area contributed by atoms with Crippen LogP contribution >= 0.6 is 31.9 Å². The molecule has 0 aliphatic heterocycles. The predicted molar refractivity (Wildman–Crippen MR) is 174 cm³/mol. The average Bonchev–Trinajstić information content (AvgIpc) is 2.81. The van der Waals surface area contributed by atoms with Gasteiger partial charge in [-0.2, -0.15) is 0 Å². The largest absolute Gasteiger partial charge is 0.457 e. The first-order valence-electron chi connectivity index (χ1n) is 12.9. The highest BCUT2D eigenvalue weighted by Crippen LogP contribution is 2.14. The van der Waals surface area contributed by atoms with Crippen LogP contribution in [-0.4, -0.2) is 34.7 Å². The number of halogens is 2. The molecule has 0 atom stereocenters. The van der Waals surface area contributed by atoms with Gasteiger partial charge < -0.3 is 14.2 Å². The first-order chi connectivity index (χ1) is 18.7. The maximum absolute atomic E-state index is 11.6. The second kappa shape index (κ2) is 17.8. The molecule has 0 aromatic heterocycles. The van der Waals surface area contributed by atoms with Gasteiger partial charge in [-0.25, -0.2) is 14.4 Å². The Morgan fingerprint density at radius 2 is 0.829 bits per heavy atom. The molecule has 0 heterocycles. The van der Waals surface area contributed by atoms with Crippen molar-refractivity contribution in [3.8, 4) is 0 Å². The van der Waals surface area contributed by atoms with Crippen LogP contribution in [0.4, 0.5) is 0 Å². The van der Waals surface area contributed by atoms with Crippen molar-refractivity contribution >= 4 is 61.9 Å². The molecule has 224 valence electrons. The lowest BCUT2D eigenvalue weighted by Gasteiger charge is -2.18. The molecule has 0 saturated carbocycles. The topological polar surface area (TPSA) is 78.9 Å². The molecule has 41 heavy (non-hydrogen) atoms. The summed E-state index contributed by atoms with van der Waals surface area (Å²) in [4.78, 5) is 33.7. The molecule has 0 amide bonds. The Morgan fingerprint density at radius 1 is 0.561 bits per heavy atom. The predicted octanol–water partition coefficient (Wildman–Crippen LogP) is 9.12. The van der Waals surface area contributed by atoms with E-state index in [1.54, 1.807) is 12.2 Å². The zero-order chi connectivity index (χ0) is 31.9. The fraction of sp³-hybridized carbons (Fsp3) is 0.364. The minimum atomic E-state index is -0.502. The maximum atomic E-state index is 11.6. The Balaban J connectivity index is 0.000000762. The van der Waals surface area contributed by atoms with Crippen LogP contribution in [0.2, 0.25) is 0 Å².